The van der Waals surface area contributed by atoms with Crippen molar-refractivity contribution in [3.8, 4) is 0 Å². The largest absolute Gasteiger partial charge is 0.459 e. The number of hydrogen-bond donors (Lipinski definition) is 1. The van der Waals surface area contributed by atoms with Crippen LogP contribution in [0.5, 0.6) is 0 Å². The summed E-state index contributed by atoms with van der Waals surface area (Å²) in [5.74, 6) is 0.246. The molecule has 4 nitrogen and oxygen atoms in total. The van der Waals surface area contributed by atoms with Gasteiger partial charge in [-0.1, -0.05) is 64.8 Å². The van der Waals surface area contributed by atoms with E-state index in [1.54, 1.807) is 12.1 Å². The van der Waals surface area contributed by atoms with Gasteiger partial charge in [0, 0.05) is 5.92 Å². The molecule has 26 heavy (non-hydrogen) atoms. The van der Waals surface area contributed by atoms with Gasteiger partial charge in [-0.15, -0.1) is 0 Å². The zero-order valence-corrected chi connectivity index (χ0v) is 16.4. The van der Waals surface area contributed by atoms with E-state index in [9.17, 15) is 9.90 Å². The number of carbonyl (C=O) groups is 1. The van der Waals surface area contributed by atoms with Gasteiger partial charge in [0.2, 0.25) is 0 Å². The molecule has 0 spiro atoms. The second-order valence-corrected chi connectivity index (χ2v) is 7.41. The molecule has 1 aromatic carbocycles. The van der Waals surface area contributed by atoms with Crippen molar-refractivity contribution in [2.75, 3.05) is 6.61 Å². The van der Waals surface area contributed by atoms with E-state index in [0.29, 0.717) is 11.5 Å². The van der Waals surface area contributed by atoms with Gasteiger partial charge >= 0.3 is 5.97 Å². The predicted octanol–water partition coefficient (Wildman–Crippen LogP) is 4.67. The number of rotatable bonds is 7. The molecular weight excluding hydrogens is 328 g/mol. The van der Waals surface area contributed by atoms with Crippen molar-refractivity contribution in [1.82, 2.24) is 0 Å². The van der Waals surface area contributed by atoms with Crippen molar-refractivity contribution >= 4 is 12.0 Å². The number of unbranched alkanes of at least 4 members (excludes halogenated alkanes) is 2. The van der Waals surface area contributed by atoms with Crippen LogP contribution in [0.4, 0.5) is 0 Å². The Balaban J connectivity index is 1.87. The van der Waals surface area contributed by atoms with Crippen LogP contribution < -0.4 is 0 Å². The highest BCUT2D eigenvalue weighted by Crippen LogP contribution is 2.34. The highest BCUT2D eigenvalue weighted by Gasteiger charge is 2.38. The molecule has 4 heteroatoms. The van der Waals surface area contributed by atoms with E-state index in [2.05, 4.69) is 32.9 Å². The Hall–Kier alpha value is -1.65. The zero-order valence-electron chi connectivity index (χ0n) is 16.4. The first-order chi connectivity index (χ1) is 12.4. The second kappa shape index (κ2) is 9.89. The molecule has 0 aromatic heterocycles. The number of benzene rings is 1. The number of carbonyl (C=O) groups excluding carboxylic acids is 1. The second-order valence-electron chi connectivity index (χ2n) is 7.41. The summed E-state index contributed by atoms with van der Waals surface area (Å²) in [6, 6.07) is 7.41. The Morgan fingerprint density at radius 1 is 1.15 bits per heavy atom. The molecular formula is C22H32O4. The molecule has 1 fully saturated rings. The van der Waals surface area contributed by atoms with E-state index in [-0.39, 0.29) is 30.5 Å². The lowest BCUT2D eigenvalue weighted by Crippen LogP contribution is -2.46. The molecule has 144 valence electrons. The van der Waals surface area contributed by atoms with Crippen LogP contribution in [-0.2, 0) is 9.47 Å². The molecule has 5 atom stereocenters. The molecule has 0 radical (unpaired) electrons. The summed E-state index contributed by atoms with van der Waals surface area (Å²) in [6.07, 6.45) is 6.60. The summed E-state index contributed by atoms with van der Waals surface area (Å²) in [5.41, 5.74) is 1.61. The number of hydrogen-bond acceptors (Lipinski definition) is 4. The average molecular weight is 360 g/mol. The van der Waals surface area contributed by atoms with Gasteiger partial charge in [-0.3, -0.25) is 0 Å². The smallest absolute Gasteiger partial charge is 0.338 e. The van der Waals surface area contributed by atoms with E-state index in [0.717, 1.165) is 12.0 Å². The number of ether oxygens (including phenoxy) is 2. The fraction of sp³-hybridized carbons (Fsp3) is 0.591. The fourth-order valence-electron chi connectivity index (χ4n) is 3.21. The zero-order chi connectivity index (χ0) is 19.1. The van der Waals surface area contributed by atoms with Crippen LogP contribution in [-0.4, -0.2) is 30.1 Å². The van der Waals surface area contributed by atoms with Crippen LogP contribution in [0.1, 0.15) is 62.9 Å². The highest BCUT2D eigenvalue weighted by molar-refractivity contribution is 5.89. The molecule has 2 rings (SSSR count). The van der Waals surface area contributed by atoms with Crippen LogP contribution >= 0.6 is 0 Å². The van der Waals surface area contributed by atoms with Crippen molar-refractivity contribution < 1.29 is 19.4 Å². The van der Waals surface area contributed by atoms with Crippen LogP contribution in [0.3, 0.4) is 0 Å². The van der Waals surface area contributed by atoms with Gasteiger partial charge in [0.1, 0.15) is 6.61 Å². The number of esters is 1. The van der Waals surface area contributed by atoms with Crippen molar-refractivity contribution in [2.24, 2.45) is 17.8 Å². The lowest BCUT2D eigenvalue weighted by Gasteiger charge is -2.41. The van der Waals surface area contributed by atoms with Crippen LogP contribution in [0.25, 0.3) is 6.08 Å². The van der Waals surface area contributed by atoms with Crippen LogP contribution in [0.2, 0.25) is 0 Å². The van der Waals surface area contributed by atoms with Gasteiger partial charge in [-0.2, -0.15) is 0 Å². The minimum Gasteiger partial charge on any atom is -0.459 e. The Morgan fingerprint density at radius 2 is 1.85 bits per heavy atom. The quantitative estimate of drug-likeness (QED) is 0.567. The van der Waals surface area contributed by atoms with Gasteiger partial charge < -0.3 is 14.6 Å². The minimum absolute atomic E-state index is 0.0786. The van der Waals surface area contributed by atoms with E-state index < -0.39 is 6.29 Å². The summed E-state index contributed by atoms with van der Waals surface area (Å²) in [4.78, 5) is 12.3. The summed E-state index contributed by atoms with van der Waals surface area (Å²) < 4.78 is 11.0. The highest BCUT2D eigenvalue weighted by atomic mass is 16.6. The van der Waals surface area contributed by atoms with Crippen LogP contribution in [0, 0.1) is 17.8 Å². The Kier molecular flexibility index (Phi) is 7.85. The molecule has 1 N–H and O–H groups in total. The summed E-state index contributed by atoms with van der Waals surface area (Å²) >= 11 is 0. The van der Waals surface area contributed by atoms with Crippen molar-refractivity contribution in [3.05, 3.63) is 41.5 Å². The molecule has 0 amide bonds. The molecule has 1 aliphatic rings. The lowest BCUT2D eigenvalue weighted by atomic mass is 9.79. The number of aliphatic hydroxyl groups excluding tert-OH is 1. The van der Waals surface area contributed by atoms with E-state index in [4.69, 9.17) is 9.47 Å². The summed E-state index contributed by atoms with van der Waals surface area (Å²) in [6.45, 7) is 8.49. The number of allylic oxidation sites excluding steroid dienone is 1. The van der Waals surface area contributed by atoms with Gasteiger partial charge in [0.15, 0.2) is 6.29 Å². The van der Waals surface area contributed by atoms with E-state index in [1.165, 1.54) is 12.8 Å². The third-order valence-electron chi connectivity index (χ3n) is 5.57. The SMILES string of the molecule is CCCCC=Cc1ccc(C(=O)OCC2O[C@H](O)C(C)[C@@H](C)[C@@H]2C)cc1. The summed E-state index contributed by atoms with van der Waals surface area (Å²) in [5, 5.41) is 9.98. The van der Waals surface area contributed by atoms with Gasteiger partial charge in [0.05, 0.1) is 11.7 Å². The standard InChI is InChI=1S/C22H32O4/c1-5-6-7-8-9-18-10-12-19(13-11-18)22(24)25-14-20-16(3)15(2)17(4)21(23)26-20/h8-13,15-17,20-21,23H,5-7,14H2,1-4H3/t15-,16-,17?,20?,21-/m0/s1. The first kappa shape index (κ1) is 20.7. The maximum Gasteiger partial charge on any atom is 0.338 e. The minimum atomic E-state index is -0.802. The maximum absolute atomic E-state index is 12.3. The molecule has 0 bridgehead atoms. The van der Waals surface area contributed by atoms with Crippen molar-refractivity contribution in [2.45, 2.75) is 59.4 Å². The van der Waals surface area contributed by atoms with Gasteiger partial charge in [0.25, 0.3) is 0 Å². The Bertz CT molecular complexity index is 593. The van der Waals surface area contributed by atoms with Gasteiger partial charge in [-0.25, -0.2) is 4.79 Å². The topological polar surface area (TPSA) is 55.8 Å². The van der Waals surface area contributed by atoms with Crippen LogP contribution in [0.15, 0.2) is 30.3 Å². The Labute approximate surface area is 157 Å². The predicted molar refractivity (Wildman–Crippen MR) is 104 cm³/mol. The molecule has 1 aromatic rings. The lowest BCUT2D eigenvalue weighted by molar-refractivity contribution is -0.232. The third-order valence-corrected chi connectivity index (χ3v) is 5.57. The summed E-state index contributed by atoms with van der Waals surface area (Å²) in [7, 11) is 0. The molecule has 0 aliphatic carbocycles. The maximum atomic E-state index is 12.3. The normalized spacial score (nSPS) is 29.0. The Morgan fingerprint density at radius 3 is 2.50 bits per heavy atom. The van der Waals surface area contributed by atoms with Crippen molar-refractivity contribution in [1.29, 1.82) is 0 Å². The average Bonchev–Trinajstić information content (AvgIpc) is 2.65. The molecule has 2 unspecified atom stereocenters. The van der Waals surface area contributed by atoms with Crippen molar-refractivity contribution in [3.63, 3.8) is 0 Å². The fourth-order valence-corrected chi connectivity index (χ4v) is 3.21. The number of aliphatic hydroxyl groups is 1. The molecule has 0 saturated carbocycles. The third kappa shape index (κ3) is 5.42. The van der Waals surface area contributed by atoms with E-state index >= 15 is 0 Å². The molecule has 1 heterocycles. The monoisotopic (exact) mass is 360 g/mol. The van der Waals surface area contributed by atoms with E-state index in [1.807, 2.05) is 19.1 Å². The first-order valence-corrected chi connectivity index (χ1v) is 9.71. The first-order valence-electron chi connectivity index (χ1n) is 9.71. The molecule has 1 aliphatic heterocycles. The van der Waals surface area contributed by atoms with Gasteiger partial charge in [-0.05, 0) is 36.0 Å². The molecule has 1 saturated heterocycles.